The van der Waals surface area contributed by atoms with Crippen molar-refractivity contribution in [3.05, 3.63) is 93.2 Å². The first-order valence-corrected chi connectivity index (χ1v) is 11.3. The van der Waals surface area contributed by atoms with Crippen molar-refractivity contribution in [1.82, 2.24) is 5.32 Å². The molecular formula is C25H23Cl2NO5. The third-order valence-corrected chi connectivity index (χ3v) is 6.66. The Hall–Kier alpha value is -2.80. The summed E-state index contributed by atoms with van der Waals surface area (Å²) in [6.45, 7) is 0.611. The molecule has 33 heavy (non-hydrogen) atoms. The molecule has 0 fully saturated rings. The molecule has 1 amide bonds. The van der Waals surface area contributed by atoms with Gasteiger partial charge in [0.15, 0.2) is 0 Å². The Balaban J connectivity index is 1.49. The number of nitrogens with one attached hydrogen (secondary N) is 1. The lowest BCUT2D eigenvalue weighted by atomic mass is 9.83. The van der Waals surface area contributed by atoms with E-state index in [1.165, 1.54) is 13.4 Å². The van der Waals surface area contributed by atoms with Gasteiger partial charge in [0.1, 0.15) is 0 Å². The second kappa shape index (κ2) is 10.4. The molecule has 3 atom stereocenters. The summed E-state index contributed by atoms with van der Waals surface area (Å²) in [6, 6.07) is 14.7. The van der Waals surface area contributed by atoms with Crippen LogP contribution in [-0.2, 0) is 25.6 Å². The Labute approximate surface area is 202 Å². The maximum atomic E-state index is 12.7. The molecule has 0 saturated carbocycles. The Kier molecular flexibility index (Phi) is 7.38. The molecule has 2 aliphatic rings. The first-order chi connectivity index (χ1) is 16.0. The standard InChI is InChI=1S/C25H23Cl2NO5/c1-31-24(30)19-14-33-25(32-13-15-6-3-2-4-7-15)21-16(10-11-17(19)21)12-28-23(29)18-8-5-9-20(26)22(18)27/h2-10,14,17,21,25H,11-13H2,1H3,(H,28,29)/t17-,21-,25-/m1/s1. The van der Waals surface area contributed by atoms with Gasteiger partial charge in [-0.3, -0.25) is 4.79 Å². The molecule has 0 bridgehead atoms. The Morgan fingerprint density at radius 2 is 1.91 bits per heavy atom. The van der Waals surface area contributed by atoms with E-state index in [2.05, 4.69) is 5.32 Å². The highest BCUT2D eigenvalue weighted by molar-refractivity contribution is 6.43. The molecule has 6 nitrogen and oxygen atoms in total. The van der Waals surface area contributed by atoms with Crippen molar-refractivity contribution in [2.75, 3.05) is 13.7 Å². The van der Waals surface area contributed by atoms with Gasteiger partial charge < -0.3 is 19.5 Å². The fraction of sp³-hybridized carbons (Fsp3) is 0.280. The van der Waals surface area contributed by atoms with E-state index in [0.717, 1.165) is 11.1 Å². The van der Waals surface area contributed by atoms with E-state index < -0.39 is 12.3 Å². The SMILES string of the molecule is COC(=O)C1=CO[C@@H](OCc2ccccc2)[C@@H]2C(CNC(=O)c3cccc(Cl)c3Cl)=CC[C@H]12. The third kappa shape index (κ3) is 5.08. The first kappa shape index (κ1) is 23.4. The van der Waals surface area contributed by atoms with Crippen molar-refractivity contribution in [3.63, 3.8) is 0 Å². The lowest BCUT2D eigenvalue weighted by molar-refractivity contribution is -0.160. The number of rotatable bonds is 7. The molecule has 8 heteroatoms. The number of methoxy groups -OCH3 is 1. The summed E-state index contributed by atoms with van der Waals surface area (Å²) in [7, 11) is 1.34. The van der Waals surface area contributed by atoms with Gasteiger partial charge in [0, 0.05) is 12.5 Å². The van der Waals surface area contributed by atoms with Crippen molar-refractivity contribution in [3.8, 4) is 0 Å². The van der Waals surface area contributed by atoms with Crippen LogP contribution in [0.4, 0.5) is 0 Å². The molecule has 1 heterocycles. The van der Waals surface area contributed by atoms with Crippen LogP contribution in [0.15, 0.2) is 72.0 Å². The van der Waals surface area contributed by atoms with Crippen LogP contribution in [0.2, 0.25) is 10.0 Å². The number of fused-ring (bicyclic) bond motifs is 1. The average molecular weight is 488 g/mol. The average Bonchev–Trinajstić information content (AvgIpc) is 3.27. The smallest absolute Gasteiger partial charge is 0.337 e. The molecule has 4 rings (SSSR count). The minimum atomic E-state index is -0.607. The minimum Gasteiger partial charge on any atom is -0.471 e. The lowest BCUT2D eigenvalue weighted by Crippen LogP contribution is -2.39. The summed E-state index contributed by atoms with van der Waals surface area (Å²) < 4.78 is 16.8. The van der Waals surface area contributed by atoms with E-state index in [0.29, 0.717) is 29.2 Å². The highest BCUT2D eigenvalue weighted by Crippen LogP contribution is 2.43. The molecule has 1 aliphatic carbocycles. The maximum absolute atomic E-state index is 12.7. The van der Waals surface area contributed by atoms with Crippen molar-refractivity contribution >= 4 is 35.1 Å². The number of esters is 1. The molecule has 172 valence electrons. The quantitative estimate of drug-likeness (QED) is 0.443. The van der Waals surface area contributed by atoms with Crippen LogP contribution in [0.25, 0.3) is 0 Å². The van der Waals surface area contributed by atoms with Gasteiger partial charge >= 0.3 is 5.97 Å². The fourth-order valence-corrected chi connectivity index (χ4v) is 4.56. The summed E-state index contributed by atoms with van der Waals surface area (Å²) in [4.78, 5) is 25.0. The van der Waals surface area contributed by atoms with Gasteiger partial charge in [0.25, 0.3) is 5.91 Å². The van der Waals surface area contributed by atoms with Crippen LogP contribution in [0.1, 0.15) is 22.3 Å². The van der Waals surface area contributed by atoms with Crippen LogP contribution in [0, 0.1) is 11.8 Å². The first-order valence-electron chi connectivity index (χ1n) is 10.5. The van der Waals surface area contributed by atoms with E-state index in [4.69, 9.17) is 37.4 Å². The number of allylic oxidation sites excluding steroid dienone is 1. The second-order valence-electron chi connectivity index (χ2n) is 7.80. The molecule has 2 aromatic rings. The normalized spacial score (nSPS) is 21.4. The number of carbonyl (C=O) groups excluding carboxylic acids is 2. The third-order valence-electron chi connectivity index (χ3n) is 5.84. The molecule has 2 aromatic carbocycles. The Bertz CT molecular complexity index is 1100. The summed E-state index contributed by atoms with van der Waals surface area (Å²) >= 11 is 12.2. The molecule has 0 aromatic heterocycles. The van der Waals surface area contributed by atoms with Gasteiger partial charge in [-0.1, -0.05) is 65.7 Å². The lowest BCUT2D eigenvalue weighted by Gasteiger charge is -2.35. The molecule has 0 saturated heterocycles. The van der Waals surface area contributed by atoms with E-state index in [1.807, 2.05) is 36.4 Å². The van der Waals surface area contributed by atoms with Crippen LogP contribution in [0.5, 0.6) is 0 Å². The number of benzene rings is 2. The number of carbonyl (C=O) groups is 2. The predicted molar refractivity (Wildman–Crippen MR) is 125 cm³/mol. The van der Waals surface area contributed by atoms with Gasteiger partial charge in [-0.05, 0) is 29.7 Å². The molecular weight excluding hydrogens is 465 g/mol. The van der Waals surface area contributed by atoms with E-state index in [9.17, 15) is 9.59 Å². The summed E-state index contributed by atoms with van der Waals surface area (Å²) in [5, 5.41) is 3.41. The molecule has 0 spiro atoms. The van der Waals surface area contributed by atoms with Crippen LogP contribution < -0.4 is 5.32 Å². The molecule has 0 unspecified atom stereocenters. The summed E-state index contributed by atoms with van der Waals surface area (Å²) in [5.41, 5.74) is 2.68. The van der Waals surface area contributed by atoms with Crippen molar-refractivity contribution < 1.29 is 23.8 Å². The van der Waals surface area contributed by atoms with Gasteiger partial charge in [-0.2, -0.15) is 0 Å². The van der Waals surface area contributed by atoms with E-state index in [1.54, 1.807) is 18.2 Å². The summed E-state index contributed by atoms with van der Waals surface area (Å²) in [5.74, 6) is -1.18. The van der Waals surface area contributed by atoms with Crippen LogP contribution in [0.3, 0.4) is 0 Å². The van der Waals surface area contributed by atoms with E-state index >= 15 is 0 Å². The minimum absolute atomic E-state index is 0.159. The largest absolute Gasteiger partial charge is 0.471 e. The summed E-state index contributed by atoms with van der Waals surface area (Å²) in [6.07, 6.45) is 3.45. The van der Waals surface area contributed by atoms with Gasteiger partial charge in [-0.25, -0.2) is 4.79 Å². The Morgan fingerprint density at radius 1 is 1.12 bits per heavy atom. The highest BCUT2D eigenvalue weighted by atomic mass is 35.5. The number of hydrogen-bond donors (Lipinski definition) is 1. The molecule has 0 radical (unpaired) electrons. The number of halogens is 2. The predicted octanol–water partition coefficient (Wildman–Crippen LogP) is 4.92. The van der Waals surface area contributed by atoms with Crippen LogP contribution >= 0.6 is 23.2 Å². The maximum Gasteiger partial charge on any atom is 0.337 e. The van der Waals surface area contributed by atoms with Gasteiger partial charge in [0.2, 0.25) is 6.29 Å². The highest BCUT2D eigenvalue weighted by Gasteiger charge is 2.44. The van der Waals surface area contributed by atoms with E-state index in [-0.39, 0.29) is 29.3 Å². The zero-order valence-electron chi connectivity index (χ0n) is 17.9. The van der Waals surface area contributed by atoms with Crippen molar-refractivity contribution in [1.29, 1.82) is 0 Å². The monoisotopic (exact) mass is 487 g/mol. The topological polar surface area (TPSA) is 73.9 Å². The van der Waals surface area contributed by atoms with Crippen LogP contribution in [-0.4, -0.2) is 31.8 Å². The zero-order valence-corrected chi connectivity index (χ0v) is 19.4. The fourth-order valence-electron chi connectivity index (χ4n) is 4.18. The zero-order chi connectivity index (χ0) is 23.4. The number of ether oxygens (including phenoxy) is 3. The van der Waals surface area contributed by atoms with Crippen molar-refractivity contribution in [2.45, 2.75) is 19.3 Å². The van der Waals surface area contributed by atoms with Gasteiger partial charge in [-0.15, -0.1) is 0 Å². The molecule has 1 aliphatic heterocycles. The second-order valence-corrected chi connectivity index (χ2v) is 8.58. The van der Waals surface area contributed by atoms with Gasteiger partial charge in [0.05, 0.1) is 47.1 Å². The Morgan fingerprint density at radius 3 is 2.67 bits per heavy atom. The molecule has 1 N–H and O–H groups in total. The number of hydrogen-bond acceptors (Lipinski definition) is 5. The number of amides is 1. The van der Waals surface area contributed by atoms with Crippen molar-refractivity contribution in [2.24, 2.45) is 11.8 Å².